The molecule has 9 heteroatoms. The van der Waals surface area contributed by atoms with Gasteiger partial charge >= 0.3 is 5.97 Å². The molecule has 0 spiro atoms. The summed E-state index contributed by atoms with van der Waals surface area (Å²) in [4.78, 5) is 38.8. The van der Waals surface area contributed by atoms with Gasteiger partial charge in [0.05, 0.1) is 4.92 Å². The number of nitro groups is 1. The van der Waals surface area contributed by atoms with E-state index < -0.39 is 22.9 Å². The van der Waals surface area contributed by atoms with E-state index in [1.165, 1.54) is 31.3 Å². The van der Waals surface area contributed by atoms with Gasteiger partial charge < -0.3 is 14.5 Å². The van der Waals surface area contributed by atoms with Crippen LogP contribution in [0.4, 0.5) is 11.4 Å². The molecule has 1 atom stereocenters. The van der Waals surface area contributed by atoms with Gasteiger partial charge in [0.25, 0.3) is 11.6 Å². The number of hydrogen-bond acceptors (Lipinski definition) is 6. The number of hydrogen-bond donors (Lipinski definition) is 1. The second-order valence-corrected chi connectivity index (χ2v) is 5.40. The van der Waals surface area contributed by atoms with Crippen LogP contribution < -0.4 is 5.32 Å². The van der Waals surface area contributed by atoms with Crippen LogP contribution in [0.2, 0.25) is 0 Å². The Morgan fingerprint density at radius 2 is 1.96 bits per heavy atom. The lowest BCUT2D eigenvalue weighted by molar-refractivity contribution is -0.383. The predicted molar refractivity (Wildman–Crippen MR) is 91.8 cm³/mol. The van der Waals surface area contributed by atoms with Crippen LogP contribution in [0.3, 0.4) is 0 Å². The lowest BCUT2D eigenvalue weighted by Gasteiger charge is -2.12. The van der Waals surface area contributed by atoms with Gasteiger partial charge in [-0.1, -0.05) is 18.2 Å². The minimum atomic E-state index is -1.16. The maximum absolute atomic E-state index is 12.2. The van der Waals surface area contributed by atoms with Crippen molar-refractivity contribution in [1.82, 2.24) is 9.38 Å². The minimum Gasteiger partial charge on any atom is -0.448 e. The third-order valence-corrected chi connectivity index (χ3v) is 3.58. The molecule has 9 nitrogen and oxygen atoms in total. The summed E-state index contributed by atoms with van der Waals surface area (Å²) < 4.78 is 6.75. The van der Waals surface area contributed by atoms with E-state index in [1.807, 2.05) is 0 Å². The fraction of sp³-hybridized carbons (Fsp3) is 0.118. The molecule has 1 N–H and O–H groups in total. The first-order chi connectivity index (χ1) is 12.5. The molecular weight excluding hydrogens is 340 g/mol. The maximum atomic E-state index is 12.2. The number of carbonyl (C=O) groups is 2. The molecule has 26 heavy (non-hydrogen) atoms. The largest absolute Gasteiger partial charge is 0.448 e. The summed E-state index contributed by atoms with van der Waals surface area (Å²) >= 11 is 0. The molecule has 0 aliphatic heterocycles. The minimum absolute atomic E-state index is 0.0260. The third-order valence-electron chi connectivity index (χ3n) is 3.58. The monoisotopic (exact) mass is 354 g/mol. The Morgan fingerprint density at radius 3 is 2.69 bits per heavy atom. The number of nitrogens with zero attached hydrogens (tertiary/aromatic N) is 3. The Kier molecular flexibility index (Phi) is 4.61. The highest BCUT2D eigenvalue weighted by Gasteiger charge is 2.23. The number of aromatic nitrogens is 2. The Hall–Kier alpha value is -3.75. The van der Waals surface area contributed by atoms with Gasteiger partial charge in [-0.3, -0.25) is 14.9 Å². The van der Waals surface area contributed by atoms with Gasteiger partial charge in [0, 0.05) is 18.5 Å². The summed E-state index contributed by atoms with van der Waals surface area (Å²) in [6, 6.07) is 11.0. The van der Waals surface area contributed by atoms with Crippen molar-refractivity contribution >= 4 is 28.9 Å². The molecule has 0 aliphatic carbocycles. The second kappa shape index (κ2) is 7.01. The molecule has 2 aromatic heterocycles. The van der Waals surface area contributed by atoms with E-state index in [9.17, 15) is 19.7 Å². The standard InChI is InChI=1S/C17H14N4O5/c1-11(16(22)19-12-6-2-3-7-14(12)21(24)25)26-17(23)13-10-20-9-5-4-8-15(20)18-13/h2-11H,1H3,(H,19,22)/t11-/m1/s1. The molecule has 0 bridgehead atoms. The van der Waals surface area contributed by atoms with E-state index in [-0.39, 0.29) is 17.1 Å². The average molecular weight is 354 g/mol. The molecule has 1 aromatic carbocycles. The highest BCUT2D eigenvalue weighted by atomic mass is 16.6. The molecule has 0 saturated carbocycles. The molecule has 132 valence electrons. The van der Waals surface area contributed by atoms with Crippen molar-refractivity contribution < 1.29 is 19.2 Å². The van der Waals surface area contributed by atoms with Gasteiger partial charge in [-0.2, -0.15) is 0 Å². The number of nitrogens with one attached hydrogen (secondary N) is 1. The Bertz CT molecular complexity index is 964. The van der Waals surface area contributed by atoms with Gasteiger partial charge in [0.2, 0.25) is 0 Å². The molecule has 0 radical (unpaired) electrons. The molecule has 3 rings (SSSR count). The van der Waals surface area contributed by atoms with Crippen molar-refractivity contribution in [3.8, 4) is 0 Å². The van der Waals surface area contributed by atoms with Crippen molar-refractivity contribution in [2.24, 2.45) is 0 Å². The number of benzene rings is 1. The molecule has 0 saturated heterocycles. The Balaban J connectivity index is 1.69. The zero-order valence-electron chi connectivity index (χ0n) is 13.7. The number of esters is 1. The summed E-state index contributed by atoms with van der Waals surface area (Å²) in [7, 11) is 0. The third kappa shape index (κ3) is 3.51. The number of para-hydroxylation sites is 2. The van der Waals surface area contributed by atoms with Crippen LogP contribution in [0.5, 0.6) is 0 Å². The molecule has 0 unspecified atom stereocenters. The van der Waals surface area contributed by atoms with E-state index in [2.05, 4.69) is 10.3 Å². The van der Waals surface area contributed by atoms with E-state index in [0.717, 1.165) is 0 Å². The van der Waals surface area contributed by atoms with Crippen LogP contribution in [0.1, 0.15) is 17.4 Å². The zero-order valence-corrected chi connectivity index (χ0v) is 13.7. The molecule has 0 aliphatic rings. The quantitative estimate of drug-likeness (QED) is 0.427. The normalized spacial score (nSPS) is 11.7. The van der Waals surface area contributed by atoms with Crippen LogP contribution in [0.15, 0.2) is 54.9 Å². The van der Waals surface area contributed by atoms with Crippen LogP contribution >= 0.6 is 0 Å². The summed E-state index contributed by atoms with van der Waals surface area (Å²) in [5, 5.41) is 13.4. The topological polar surface area (TPSA) is 116 Å². The SMILES string of the molecule is C[C@@H](OC(=O)c1cn2ccccc2n1)C(=O)Nc1ccccc1[N+](=O)[O-]. The maximum Gasteiger partial charge on any atom is 0.359 e. The molecule has 3 aromatic rings. The fourth-order valence-electron chi connectivity index (χ4n) is 2.28. The van der Waals surface area contributed by atoms with Crippen molar-refractivity contribution in [1.29, 1.82) is 0 Å². The number of amides is 1. The van der Waals surface area contributed by atoms with Gasteiger partial charge in [0.1, 0.15) is 11.3 Å². The van der Waals surface area contributed by atoms with Crippen molar-refractivity contribution in [2.75, 3.05) is 5.32 Å². The zero-order chi connectivity index (χ0) is 18.7. The second-order valence-electron chi connectivity index (χ2n) is 5.40. The van der Waals surface area contributed by atoms with Gasteiger partial charge in [-0.15, -0.1) is 0 Å². The highest BCUT2D eigenvalue weighted by Crippen LogP contribution is 2.23. The highest BCUT2D eigenvalue weighted by molar-refractivity contribution is 5.98. The number of fused-ring (bicyclic) bond motifs is 1. The van der Waals surface area contributed by atoms with E-state index in [1.54, 1.807) is 34.9 Å². The first-order valence-corrected chi connectivity index (χ1v) is 7.64. The lowest BCUT2D eigenvalue weighted by atomic mass is 10.2. The lowest BCUT2D eigenvalue weighted by Crippen LogP contribution is -2.30. The average Bonchev–Trinajstić information content (AvgIpc) is 3.06. The summed E-state index contributed by atoms with van der Waals surface area (Å²) in [6.07, 6.45) is 2.06. The molecule has 1 amide bonds. The van der Waals surface area contributed by atoms with E-state index >= 15 is 0 Å². The van der Waals surface area contributed by atoms with Crippen molar-refractivity contribution in [2.45, 2.75) is 13.0 Å². The van der Waals surface area contributed by atoms with Crippen LogP contribution in [-0.2, 0) is 9.53 Å². The van der Waals surface area contributed by atoms with Gasteiger partial charge in [0.15, 0.2) is 11.8 Å². The van der Waals surface area contributed by atoms with E-state index in [0.29, 0.717) is 5.65 Å². The first-order valence-electron chi connectivity index (χ1n) is 7.64. The van der Waals surface area contributed by atoms with Crippen LogP contribution in [-0.4, -0.2) is 32.3 Å². The summed E-state index contributed by atoms with van der Waals surface area (Å²) in [5.41, 5.74) is 0.399. The summed E-state index contributed by atoms with van der Waals surface area (Å²) in [5.74, 6) is -1.45. The van der Waals surface area contributed by atoms with Crippen molar-refractivity contribution in [3.63, 3.8) is 0 Å². The first kappa shape index (κ1) is 17.1. The smallest absolute Gasteiger partial charge is 0.359 e. The van der Waals surface area contributed by atoms with Crippen LogP contribution in [0.25, 0.3) is 5.65 Å². The molecule has 0 fully saturated rings. The van der Waals surface area contributed by atoms with Gasteiger partial charge in [-0.25, -0.2) is 9.78 Å². The number of nitro benzene ring substituents is 1. The number of carbonyl (C=O) groups excluding carboxylic acids is 2. The Labute approximate surface area is 147 Å². The number of anilines is 1. The predicted octanol–water partition coefficient (Wildman–Crippen LogP) is 2.43. The fourth-order valence-corrected chi connectivity index (χ4v) is 2.28. The van der Waals surface area contributed by atoms with E-state index in [4.69, 9.17) is 4.74 Å². The molecule has 2 heterocycles. The number of rotatable bonds is 5. The van der Waals surface area contributed by atoms with Crippen molar-refractivity contribution in [3.05, 3.63) is 70.7 Å². The number of pyridine rings is 1. The number of ether oxygens (including phenoxy) is 1. The summed E-state index contributed by atoms with van der Waals surface area (Å²) in [6.45, 7) is 1.37. The van der Waals surface area contributed by atoms with Crippen LogP contribution in [0, 0.1) is 10.1 Å². The van der Waals surface area contributed by atoms with Gasteiger partial charge in [-0.05, 0) is 25.1 Å². The molecular formula is C17H14N4O5. The number of imidazole rings is 1. The Morgan fingerprint density at radius 1 is 1.23 bits per heavy atom.